The summed E-state index contributed by atoms with van der Waals surface area (Å²) in [6.45, 7) is 4.72. The summed E-state index contributed by atoms with van der Waals surface area (Å²) in [5.74, 6) is 0. The van der Waals surface area contributed by atoms with Crippen molar-refractivity contribution in [1.82, 2.24) is 9.97 Å². The van der Waals surface area contributed by atoms with Crippen molar-refractivity contribution in [3.63, 3.8) is 0 Å². The Kier molecular flexibility index (Phi) is 10.5. The fourth-order valence-electron chi connectivity index (χ4n) is 11.7. The molecule has 4 heteroatoms. The van der Waals surface area contributed by atoms with Gasteiger partial charge in [0, 0.05) is 32.2 Å². The maximum atomic E-state index is 6.32. The molecule has 1 heterocycles. The summed E-state index contributed by atoms with van der Waals surface area (Å²) in [6, 6.07) is 85.6. The second-order valence-electron chi connectivity index (χ2n) is 19.5. The fraction of sp³-hybridized carbons (Fsp3) is 0.0588. The predicted molar refractivity (Wildman–Crippen MR) is 300 cm³/mol. The first-order chi connectivity index (χ1) is 35.3. The van der Waals surface area contributed by atoms with Gasteiger partial charge in [-0.2, -0.15) is 0 Å². The average Bonchev–Trinajstić information content (AvgIpc) is 3.86. The molecule has 0 bridgehead atoms. The van der Waals surface area contributed by atoms with Gasteiger partial charge < -0.3 is 0 Å². The third kappa shape index (κ3) is 7.08. The van der Waals surface area contributed by atoms with Gasteiger partial charge in [0.25, 0.3) is 0 Å². The van der Waals surface area contributed by atoms with E-state index in [9.17, 15) is 0 Å². The third-order valence-electron chi connectivity index (χ3n) is 15.3. The molecule has 342 valence electrons. The lowest BCUT2D eigenvalue weighted by molar-refractivity contribution is 0.661. The topological polar surface area (TPSA) is 25.8 Å². The van der Waals surface area contributed by atoms with Crippen LogP contribution in [0, 0.1) is 0 Å². The minimum absolute atomic E-state index is 0.203. The van der Waals surface area contributed by atoms with Crippen LogP contribution in [-0.4, -0.2) is 9.97 Å². The van der Waals surface area contributed by atoms with Gasteiger partial charge in [-0.25, -0.2) is 9.97 Å². The SMILES string of the molecule is CC1(C)c2cc(-c3ccc(-c4ccc5c(c4)C(c4ccccc4)(c4ccccc4)c4ccccc4-5)cc3)ccc2-c2ccc(-c3ccc(-c4c(-c5ccc(Cl)cc5)ncnc4-c4ccc(Cl)cc4)cc3)cc21. The molecule has 0 saturated heterocycles. The van der Waals surface area contributed by atoms with Gasteiger partial charge in [-0.15, -0.1) is 0 Å². The highest BCUT2D eigenvalue weighted by Crippen LogP contribution is 2.57. The van der Waals surface area contributed by atoms with Crippen molar-refractivity contribution in [1.29, 1.82) is 0 Å². The first kappa shape index (κ1) is 43.8. The Bertz CT molecular complexity index is 3760. The molecule has 2 nitrogen and oxygen atoms in total. The summed E-state index contributed by atoms with van der Waals surface area (Å²) in [7, 11) is 0. The molecule has 0 amide bonds. The average molecular weight is 962 g/mol. The Labute approximate surface area is 430 Å². The van der Waals surface area contributed by atoms with Crippen LogP contribution in [0.15, 0.2) is 243 Å². The van der Waals surface area contributed by atoms with E-state index in [0.717, 1.165) is 39.2 Å². The molecule has 1 aromatic heterocycles. The van der Waals surface area contributed by atoms with Gasteiger partial charge in [-0.3, -0.25) is 0 Å². The van der Waals surface area contributed by atoms with Crippen molar-refractivity contribution >= 4 is 23.2 Å². The van der Waals surface area contributed by atoms with E-state index < -0.39 is 5.41 Å². The highest BCUT2D eigenvalue weighted by atomic mass is 35.5. The summed E-state index contributed by atoms with van der Waals surface area (Å²) in [5, 5.41) is 1.36. The molecule has 11 aromatic rings. The lowest BCUT2D eigenvalue weighted by Gasteiger charge is -2.34. The fourth-order valence-corrected chi connectivity index (χ4v) is 12.0. The Morgan fingerprint density at radius 3 is 1.11 bits per heavy atom. The van der Waals surface area contributed by atoms with Crippen molar-refractivity contribution in [2.45, 2.75) is 24.7 Å². The zero-order valence-corrected chi connectivity index (χ0v) is 41.3. The second kappa shape index (κ2) is 17.3. The summed E-state index contributed by atoms with van der Waals surface area (Å²) in [6.07, 6.45) is 1.63. The lowest BCUT2D eigenvalue weighted by Crippen LogP contribution is -2.28. The van der Waals surface area contributed by atoms with E-state index in [1.807, 2.05) is 48.5 Å². The summed E-state index contributed by atoms with van der Waals surface area (Å²) < 4.78 is 0. The second-order valence-corrected chi connectivity index (χ2v) is 20.4. The van der Waals surface area contributed by atoms with E-state index in [1.54, 1.807) is 6.33 Å². The molecule has 13 rings (SSSR count). The lowest BCUT2D eigenvalue weighted by atomic mass is 9.67. The number of aromatic nitrogens is 2. The molecule has 0 fully saturated rings. The summed E-state index contributed by atoms with van der Waals surface area (Å²) in [5.41, 5.74) is 25.1. The minimum Gasteiger partial charge on any atom is -0.236 e. The van der Waals surface area contributed by atoms with Crippen molar-refractivity contribution < 1.29 is 0 Å². The number of halogens is 2. The van der Waals surface area contributed by atoms with Crippen LogP contribution >= 0.6 is 23.2 Å². The molecule has 0 spiro atoms. The van der Waals surface area contributed by atoms with Crippen molar-refractivity contribution in [3.8, 4) is 89.3 Å². The van der Waals surface area contributed by atoms with E-state index in [-0.39, 0.29) is 5.41 Å². The Hall–Kier alpha value is -8.14. The van der Waals surface area contributed by atoms with Gasteiger partial charge in [0.2, 0.25) is 0 Å². The number of fused-ring (bicyclic) bond motifs is 6. The van der Waals surface area contributed by atoms with Crippen molar-refractivity contribution in [2.75, 3.05) is 0 Å². The van der Waals surface area contributed by atoms with Gasteiger partial charge in [0.15, 0.2) is 0 Å². The van der Waals surface area contributed by atoms with Crippen LogP contribution in [0.3, 0.4) is 0 Å². The first-order valence-electron chi connectivity index (χ1n) is 24.5. The predicted octanol–water partition coefficient (Wildman–Crippen LogP) is 18.5. The maximum Gasteiger partial charge on any atom is 0.116 e. The van der Waals surface area contributed by atoms with E-state index >= 15 is 0 Å². The van der Waals surface area contributed by atoms with Crippen LogP contribution in [0.5, 0.6) is 0 Å². The van der Waals surface area contributed by atoms with E-state index in [4.69, 9.17) is 33.2 Å². The smallest absolute Gasteiger partial charge is 0.116 e. The Morgan fingerprint density at radius 1 is 0.306 bits per heavy atom. The van der Waals surface area contributed by atoms with E-state index in [2.05, 4.69) is 202 Å². The largest absolute Gasteiger partial charge is 0.236 e. The normalized spacial score (nSPS) is 13.5. The molecule has 0 saturated carbocycles. The van der Waals surface area contributed by atoms with Crippen molar-refractivity contribution in [2.24, 2.45) is 0 Å². The molecule has 0 aliphatic heterocycles. The number of hydrogen-bond acceptors (Lipinski definition) is 2. The maximum absolute atomic E-state index is 6.32. The molecular formula is C68H46Cl2N2. The number of benzene rings is 10. The van der Waals surface area contributed by atoms with Gasteiger partial charge in [-0.1, -0.05) is 231 Å². The van der Waals surface area contributed by atoms with Gasteiger partial charge in [0.1, 0.15) is 6.33 Å². The van der Waals surface area contributed by atoms with E-state index in [1.165, 1.54) is 83.5 Å². The van der Waals surface area contributed by atoms with Crippen LogP contribution in [0.25, 0.3) is 89.3 Å². The standard InChI is InChI=1S/C68H46Cl2N2/c1-67(2)61-39-49(43-17-19-44(20-18-43)51-31-38-59-56-15-9-10-16-60(56)68(63(59)41-51,52-11-5-3-6-12-52)53-13-7-4-8-14-53)29-36-57(61)58-37-30-50(40-62(58)67)45-21-23-46(24-22-45)64-65(47-25-32-54(69)33-26-47)71-42-72-66(64)48-27-34-55(70)35-28-48/h3-42H,1-2H3. The highest BCUT2D eigenvalue weighted by Gasteiger charge is 2.46. The molecular weight excluding hydrogens is 916 g/mol. The summed E-state index contributed by atoms with van der Waals surface area (Å²) >= 11 is 12.6. The highest BCUT2D eigenvalue weighted by molar-refractivity contribution is 6.31. The molecule has 72 heavy (non-hydrogen) atoms. The Morgan fingerprint density at radius 2 is 0.653 bits per heavy atom. The Balaban J connectivity index is 0.808. The molecule has 0 N–H and O–H groups in total. The summed E-state index contributed by atoms with van der Waals surface area (Å²) in [4.78, 5) is 9.63. The number of nitrogens with zero attached hydrogens (tertiary/aromatic N) is 2. The van der Waals surface area contributed by atoms with Crippen LogP contribution < -0.4 is 0 Å². The van der Waals surface area contributed by atoms with Gasteiger partial charge in [0.05, 0.1) is 16.8 Å². The monoisotopic (exact) mass is 960 g/mol. The number of rotatable bonds is 8. The van der Waals surface area contributed by atoms with Gasteiger partial charge in [-0.05, 0) is 137 Å². The molecule has 0 unspecified atom stereocenters. The number of hydrogen-bond donors (Lipinski definition) is 0. The minimum atomic E-state index is -0.435. The zero-order valence-electron chi connectivity index (χ0n) is 39.7. The van der Waals surface area contributed by atoms with Crippen LogP contribution in [0.1, 0.15) is 47.2 Å². The zero-order chi connectivity index (χ0) is 48.6. The first-order valence-corrected chi connectivity index (χ1v) is 25.2. The quantitative estimate of drug-likeness (QED) is 0.152. The van der Waals surface area contributed by atoms with Crippen LogP contribution in [0.4, 0.5) is 0 Å². The van der Waals surface area contributed by atoms with E-state index in [0.29, 0.717) is 10.0 Å². The van der Waals surface area contributed by atoms with Crippen molar-refractivity contribution in [3.05, 3.63) is 286 Å². The molecule has 2 aliphatic rings. The molecule has 10 aromatic carbocycles. The van der Waals surface area contributed by atoms with Crippen LogP contribution in [0.2, 0.25) is 10.0 Å². The van der Waals surface area contributed by atoms with Crippen LogP contribution in [-0.2, 0) is 10.8 Å². The molecule has 0 atom stereocenters. The molecule has 2 aliphatic carbocycles. The van der Waals surface area contributed by atoms with Gasteiger partial charge >= 0.3 is 0 Å². The third-order valence-corrected chi connectivity index (χ3v) is 15.8. The molecule has 0 radical (unpaired) electrons.